The highest BCUT2D eigenvalue weighted by Crippen LogP contribution is 2.37. The van der Waals surface area contributed by atoms with Crippen LogP contribution in [0.25, 0.3) is 0 Å². The molecule has 1 aliphatic rings. The molecule has 0 bridgehead atoms. The molecule has 110 valence electrons. The maximum atomic E-state index is 3.65. The van der Waals surface area contributed by atoms with Crippen LogP contribution in [0.1, 0.15) is 54.8 Å². The Labute approximate surface area is 141 Å². The average molecular weight is 391 g/mol. The summed E-state index contributed by atoms with van der Waals surface area (Å²) in [6.07, 6.45) is 4.11. The molecule has 0 radical (unpaired) electrons. The van der Waals surface area contributed by atoms with Crippen molar-refractivity contribution in [3.8, 4) is 0 Å². The van der Waals surface area contributed by atoms with Crippen LogP contribution in [0.2, 0.25) is 0 Å². The van der Waals surface area contributed by atoms with Crippen molar-refractivity contribution >= 4 is 22.6 Å². The van der Waals surface area contributed by atoms with Gasteiger partial charge in [0.05, 0.1) is 6.04 Å². The molecule has 0 saturated heterocycles. The van der Waals surface area contributed by atoms with E-state index < -0.39 is 0 Å². The van der Waals surface area contributed by atoms with Gasteiger partial charge < -0.3 is 5.32 Å². The second-order valence-corrected chi connectivity index (χ2v) is 6.97. The van der Waals surface area contributed by atoms with Crippen molar-refractivity contribution in [3.05, 3.63) is 68.8 Å². The maximum Gasteiger partial charge on any atom is 0.0587 e. The maximum absolute atomic E-state index is 3.65. The minimum atomic E-state index is 0.295. The first kappa shape index (κ1) is 15.0. The molecular formula is C19H22IN. The van der Waals surface area contributed by atoms with Gasteiger partial charge in [0.2, 0.25) is 0 Å². The van der Waals surface area contributed by atoms with E-state index in [0.717, 1.165) is 12.5 Å². The summed E-state index contributed by atoms with van der Waals surface area (Å²) in [5.74, 6) is 0.794. The normalized spacial score (nSPS) is 16.5. The van der Waals surface area contributed by atoms with Crippen LogP contribution in [0, 0.1) is 3.57 Å². The summed E-state index contributed by atoms with van der Waals surface area (Å²) in [7, 11) is 0. The van der Waals surface area contributed by atoms with Crippen LogP contribution in [0.3, 0.4) is 0 Å². The molecule has 1 saturated carbocycles. The highest BCUT2D eigenvalue weighted by atomic mass is 127. The van der Waals surface area contributed by atoms with Crippen molar-refractivity contribution < 1.29 is 0 Å². The Morgan fingerprint density at radius 1 is 1.14 bits per heavy atom. The lowest BCUT2D eigenvalue weighted by Gasteiger charge is -2.27. The molecule has 21 heavy (non-hydrogen) atoms. The first-order valence-electron chi connectivity index (χ1n) is 7.87. The van der Waals surface area contributed by atoms with Crippen molar-refractivity contribution in [1.82, 2.24) is 5.32 Å². The van der Waals surface area contributed by atoms with Crippen LogP contribution in [0.4, 0.5) is 0 Å². The lowest BCUT2D eigenvalue weighted by Crippen LogP contribution is -2.23. The third kappa shape index (κ3) is 3.32. The predicted molar refractivity (Wildman–Crippen MR) is 97.7 cm³/mol. The van der Waals surface area contributed by atoms with Crippen LogP contribution in [-0.2, 0) is 0 Å². The van der Waals surface area contributed by atoms with E-state index in [4.69, 9.17) is 0 Å². The molecule has 2 aromatic carbocycles. The fourth-order valence-electron chi connectivity index (χ4n) is 3.05. The molecule has 0 aliphatic heterocycles. The van der Waals surface area contributed by atoms with Gasteiger partial charge in [-0.1, -0.05) is 55.8 Å². The smallest absolute Gasteiger partial charge is 0.0587 e. The molecule has 1 unspecified atom stereocenters. The summed E-state index contributed by atoms with van der Waals surface area (Å²) in [5.41, 5.74) is 4.30. The molecule has 1 atom stereocenters. The van der Waals surface area contributed by atoms with E-state index in [1.54, 1.807) is 0 Å². The van der Waals surface area contributed by atoms with E-state index in [1.807, 2.05) is 0 Å². The van der Waals surface area contributed by atoms with Gasteiger partial charge in [-0.25, -0.2) is 0 Å². The van der Waals surface area contributed by atoms with Crippen LogP contribution in [0.5, 0.6) is 0 Å². The molecule has 1 aliphatic carbocycles. The Morgan fingerprint density at radius 3 is 2.62 bits per heavy atom. The average Bonchev–Trinajstić information content (AvgIpc) is 2.44. The van der Waals surface area contributed by atoms with Gasteiger partial charge in [0.15, 0.2) is 0 Å². The number of halogens is 1. The van der Waals surface area contributed by atoms with E-state index in [2.05, 4.69) is 83.4 Å². The summed E-state index contributed by atoms with van der Waals surface area (Å²) in [6.45, 7) is 3.15. The summed E-state index contributed by atoms with van der Waals surface area (Å²) < 4.78 is 1.33. The highest BCUT2D eigenvalue weighted by Gasteiger charge is 2.21. The fraction of sp³-hybridized carbons (Fsp3) is 0.368. The van der Waals surface area contributed by atoms with Crippen molar-refractivity contribution in [2.75, 3.05) is 6.54 Å². The van der Waals surface area contributed by atoms with Gasteiger partial charge in [0.1, 0.15) is 0 Å². The Kier molecular flexibility index (Phi) is 4.96. The fourth-order valence-corrected chi connectivity index (χ4v) is 3.75. The largest absolute Gasteiger partial charge is 0.306 e. The number of hydrogen-bond donors (Lipinski definition) is 1. The summed E-state index contributed by atoms with van der Waals surface area (Å²) in [4.78, 5) is 0. The molecule has 2 aromatic rings. The first-order chi connectivity index (χ1) is 10.3. The van der Waals surface area contributed by atoms with E-state index in [-0.39, 0.29) is 0 Å². The summed E-state index contributed by atoms with van der Waals surface area (Å²) in [5, 5.41) is 3.65. The Morgan fingerprint density at radius 2 is 1.95 bits per heavy atom. The molecule has 3 rings (SSSR count). The highest BCUT2D eigenvalue weighted by molar-refractivity contribution is 14.1. The number of hydrogen-bond acceptors (Lipinski definition) is 1. The van der Waals surface area contributed by atoms with Crippen LogP contribution in [-0.4, -0.2) is 6.54 Å². The van der Waals surface area contributed by atoms with Crippen LogP contribution in [0.15, 0.2) is 48.5 Å². The molecular weight excluding hydrogens is 369 g/mol. The van der Waals surface area contributed by atoms with Gasteiger partial charge in [-0.15, -0.1) is 0 Å². The number of rotatable bonds is 5. The van der Waals surface area contributed by atoms with Crippen molar-refractivity contribution in [2.45, 2.75) is 38.1 Å². The molecule has 0 spiro atoms. The summed E-state index contributed by atoms with van der Waals surface area (Å²) >= 11 is 2.44. The van der Waals surface area contributed by atoms with Crippen LogP contribution >= 0.6 is 22.6 Å². The quantitative estimate of drug-likeness (QED) is 0.686. The zero-order valence-electron chi connectivity index (χ0n) is 12.5. The van der Waals surface area contributed by atoms with Gasteiger partial charge in [-0.05, 0) is 70.7 Å². The van der Waals surface area contributed by atoms with E-state index >= 15 is 0 Å². The monoisotopic (exact) mass is 391 g/mol. The van der Waals surface area contributed by atoms with Crippen molar-refractivity contribution in [2.24, 2.45) is 0 Å². The molecule has 0 aromatic heterocycles. The zero-order valence-corrected chi connectivity index (χ0v) is 14.6. The molecule has 1 nitrogen and oxygen atoms in total. The third-order valence-electron chi connectivity index (χ3n) is 4.45. The predicted octanol–water partition coefficient (Wildman–Crippen LogP) is 5.26. The van der Waals surface area contributed by atoms with Gasteiger partial charge >= 0.3 is 0 Å². The standard InChI is InChI=1S/C19H22IN/c1-2-21-19(17-11-3-4-12-18(17)20)16-10-6-9-15(13-16)14-7-5-8-14/h3-4,6,9-14,19,21H,2,5,7-8H2,1H3. The lowest BCUT2D eigenvalue weighted by molar-refractivity contribution is 0.419. The molecule has 1 N–H and O–H groups in total. The minimum Gasteiger partial charge on any atom is -0.306 e. The SMILES string of the molecule is CCNC(c1cccc(C2CCC2)c1)c1ccccc1I. The van der Waals surface area contributed by atoms with Gasteiger partial charge in [0.25, 0.3) is 0 Å². The molecule has 0 heterocycles. The topological polar surface area (TPSA) is 12.0 Å². The number of nitrogens with one attached hydrogen (secondary N) is 1. The first-order valence-corrected chi connectivity index (χ1v) is 8.95. The Hall–Kier alpha value is -0.870. The zero-order chi connectivity index (χ0) is 14.7. The van der Waals surface area contributed by atoms with Crippen LogP contribution < -0.4 is 5.32 Å². The Balaban J connectivity index is 1.95. The van der Waals surface area contributed by atoms with Gasteiger partial charge in [-0.3, -0.25) is 0 Å². The van der Waals surface area contributed by atoms with Crippen molar-refractivity contribution in [1.29, 1.82) is 0 Å². The van der Waals surface area contributed by atoms with Crippen molar-refractivity contribution in [3.63, 3.8) is 0 Å². The minimum absolute atomic E-state index is 0.295. The summed E-state index contributed by atoms with van der Waals surface area (Å²) in [6, 6.07) is 18.2. The van der Waals surface area contributed by atoms with Gasteiger partial charge in [-0.2, -0.15) is 0 Å². The van der Waals surface area contributed by atoms with E-state index in [1.165, 1.54) is 39.5 Å². The lowest BCUT2D eigenvalue weighted by atomic mass is 9.79. The number of benzene rings is 2. The second kappa shape index (κ2) is 6.93. The van der Waals surface area contributed by atoms with E-state index in [0.29, 0.717) is 6.04 Å². The Bertz CT molecular complexity index is 604. The molecule has 0 amide bonds. The third-order valence-corrected chi connectivity index (χ3v) is 5.43. The molecule has 2 heteroatoms. The second-order valence-electron chi connectivity index (χ2n) is 5.81. The molecule has 1 fully saturated rings. The van der Waals surface area contributed by atoms with Gasteiger partial charge in [0, 0.05) is 3.57 Å². The van der Waals surface area contributed by atoms with E-state index in [9.17, 15) is 0 Å².